The average molecular weight is 247 g/mol. The number of carbonyl (C=O) groups is 1. The van der Waals surface area contributed by atoms with Crippen LogP contribution in [0.25, 0.3) is 0 Å². The van der Waals surface area contributed by atoms with Crippen LogP contribution in [-0.4, -0.2) is 17.7 Å². The van der Waals surface area contributed by atoms with Gasteiger partial charge in [0, 0.05) is 0 Å². The highest BCUT2D eigenvalue weighted by atomic mass is 35.5. The molecule has 1 aromatic rings. The van der Waals surface area contributed by atoms with Gasteiger partial charge in [-0.3, -0.25) is 4.79 Å². The number of ether oxygens (including phenoxy) is 1. The standard InChI is InChI=1S/C11H12ClFO3/c1-11(2,10(14)15)6-16-9-7(12)4-3-5-8(9)13/h3-5H,6H2,1-2H3,(H,14,15). The molecule has 0 aromatic heterocycles. The molecule has 1 aromatic carbocycles. The average Bonchev–Trinajstić information content (AvgIpc) is 2.16. The van der Waals surface area contributed by atoms with Gasteiger partial charge in [-0.1, -0.05) is 17.7 Å². The summed E-state index contributed by atoms with van der Waals surface area (Å²) in [6, 6.07) is 4.13. The van der Waals surface area contributed by atoms with Gasteiger partial charge in [0.1, 0.15) is 6.61 Å². The summed E-state index contributed by atoms with van der Waals surface area (Å²) in [6.07, 6.45) is 0. The molecule has 0 atom stereocenters. The molecule has 0 bridgehead atoms. The smallest absolute Gasteiger partial charge is 0.312 e. The fourth-order valence-electron chi connectivity index (χ4n) is 0.935. The first-order valence-corrected chi connectivity index (χ1v) is 5.02. The number of carboxylic acid groups (broad SMARTS) is 1. The van der Waals surface area contributed by atoms with Crippen molar-refractivity contribution in [2.45, 2.75) is 13.8 Å². The highest BCUT2D eigenvalue weighted by Crippen LogP contribution is 2.29. The van der Waals surface area contributed by atoms with Crippen LogP contribution in [0.4, 0.5) is 4.39 Å². The fraction of sp³-hybridized carbons (Fsp3) is 0.364. The van der Waals surface area contributed by atoms with Gasteiger partial charge in [-0.2, -0.15) is 0 Å². The zero-order chi connectivity index (χ0) is 12.3. The second kappa shape index (κ2) is 4.70. The molecule has 0 aliphatic heterocycles. The summed E-state index contributed by atoms with van der Waals surface area (Å²) in [5.74, 6) is -1.73. The molecule has 0 unspecified atom stereocenters. The van der Waals surface area contributed by atoms with E-state index in [9.17, 15) is 9.18 Å². The summed E-state index contributed by atoms with van der Waals surface area (Å²) in [4.78, 5) is 10.8. The van der Waals surface area contributed by atoms with Gasteiger partial charge in [0.05, 0.1) is 10.4 Å². The first kappa shape index (κ1) is 12.8. The van der Waals surface area contributed by atoms with E-state index in [-0.39, 0.29) is 17.4 Å². The Morgan fingerprint density at radius 2 is 2.19 bits per heavy atom. The molecule has 1 N–H and O–H groups in total. The number of carboxylic acids is 1. The molecule has 0 aliphatic rings. The molecule has 0 amide bonds. The van der Waals surface area contributed by atoms with Gasteiger partial charge in [0.2, 0.25) is 0 Å². The van der Waals surface area contributed by atoms with Crippen molar-refractivity contribution in [3.05, 3.63) is 29.0 Å². The number of para-hydroxylation sites is 1. The van der Waals surface area contributed by atoms with Crippen molar-refractivity contribution in [2.75, 3.05) is 6.61 Å². The molecule has 0 heterocycles. The fourth-order valence-corrected chi connectivity index (χ4v) is 1.15. The number of hydrogen-bond acceptors (Lipinski definition) is 2. The lowest BCUT2D eigenvalue weighted by Gasteiger charge is -2.20. The SMILES string of the molecule is CC(C)(COc1c(F)cccc1Cl)C(=O)O. The quantitative estimate of drug-likeness (QED) is 0.888. The Bertz CT molecular complexity index is 384. The molecule has 0 radical (unpaired) electrons. The summed E-state index contributed by atoms with van der Waals surface area (Å²) < 4.78 is 18.4. The lowest BCUT2D eigenvalue weighted by Crippen LogP contribution is -2.30. The van der Waals surface area contributed by atoms with E-state index >= 15 is 0 Å². The van der Waals surface area contributed by atoms with Crippen LogP contribution in [-0.2, 0) is 4.79 Å². The molecular weight excluding hydrogens is 235 g/mol. The largest absolute Gasteiger partial charge is 0.488 e. The summed E-state index contributed by atoms with van der Waals surface area (Å²) >= 11 is 5.73. The van der Waals surface area contributed by atoms with E-state index in [4.69, 9.17) is 21.4 Å². The van der Waals surface area contributed by atoms with Crippen molar-refractivity contribution in [1.82, 2.24) is 0 Å². The molecule has 88 valence electrons. The number of hydrogen-bond donors (Lipinski definition) is 1. The zero-order valence-corrected chi connectivity index (χ0v) is 9.71. The molecule has 0 aliphatic carbocycles. The maximum absolute atomic E-state index is 13.3. The van der Waals surface area contributed by atoms with Crippen LogP contribution >= 0.6 is 11.6 Å². The van der Waals surface area contributed by atoms with Crippen LogP contribution in [0.15, 0.2) is 18.2 Å². The van der Waals surface area contributed by atoms with E-state index in [0.29, 0.717) is 0 Å². The Hall–Kier alpha value is -1.29. The molecular formula is C11H12ClFO3. The van der Waals surface area contributed by atoms with E-state index in [1.165, 1.54) is 32.0 Å². The first-order chi connectivity index (χ1) is 7.34. The third kappa shape index (κ3) is 2.85. The molecule has 0 fully saturated rings. The lowest BCUT2D eigenvalue weighted by molar-refractivity contribution is -0.148. The maximum Gasteiger partial charge on any atom is 0.312 e. The van der Waals surface area contributed by atoms with Crippen molar-refractivity contribution >= 4 is 17.6 Å². The monoisotopic (exact) mass is 246 g/mol. The Morgan fingerprint density at radius 3 is 2.69 bits per heavy atom. The number of rotatable bonds is 4. The van der Waals surface area contributed by atoms with Crippen molar-refractivity contribution in [3.8, 4) is 5.75 Å². The first-order valence-electron chi connectivity index (χ1n) is 4.65. The van der Waals surface area contributed by atoms with E-state index in [1.54, 1.807) is 0 Å². The third-order valence-electron chi connectivity index (χ3n) is 2.08. The maximum atomic E-state index is 13.3. The highest BCUT2D eigenvalue weighted by Gasteiger charge is 2.28. The van der Waals surface area contributed by atoms with Crippen molar-refractivity contribution in [3.63, 3.8) is 0 Å². The van der Waals surface area contributed by atoms with E-state index in [2.05, 4.69) is 0 Å². The molecule has 0 spiro atoms. The van der Waals surface area contributed by atoms with Crippen LogP contribution < -0.4 is 4.74 Å². The summed E-state index contributed by atoms with van der Waals surface area (Å²) in [5.41, 5.74) is -1.09. The topological polar surface area (TPSA) is 46.5 Å². The van der Waals surface area contributed by atoms with Gasteiger partial charge in [0.25, 0.3) is 0 Å². The molecule has 5 heteroatoms. The van der Waals surface area contributed by atoms with Gasteiger partial charge in [-0.05, 0) is 26.0 Å². The van der Waals surface area contributed by atoms with Gasteiger partial charge in [-0.15, -0.1) is 0 Å². The van der Waals surface area contributed by atoms with Crippen LogP contribution in [0, 0.1) is 11.2 Å². The van der Waals surface area contributed by atoms with Crippen molar-refractivity contribution in [2.24, 2.45) is 5.41 Å². The number of benzene rings is 1. The number of aliphatic carboxylic acids is 1. The second-order valence-electron chi connectivity index (χ2n) is 4.03. The second-order valence-corrected chi connectivity index (χ2v) is 4.44. The van der Waals surface area contributed by atoms with Crippen LogP contribution in [0.2, 0.25) is 5.02 Å². The Labute approximate surface area is 97.8 Å². The molecule has 0 saturated carbocycles. The van der Waals surface area contributed by atoms with Crippen molar-refractivity contribution in [1.29, 1.82) is 0 Å². The summed E-state index contributed by atoms with van der Waals surface area (Å²) in [6.45, 7) is 2.83. The normalized spacial score (nSPS) is 11.2. The Morgan fingerprint density at radius 1 is 1.56 bits per heavy atom. The molecule has 0 saturated heterocycles. The molecule has 3 nitrogen and oxygen atoms in total. The highest BCUT2D eigenvalue weighted by molar-refractivity contribution is 6.32. The predicted molar refractivity (Wildman–Crippen MR) is 58.3 cm³/mol. The van der Waals surface area contributed by atoms with Crippen molar-refractivity contribution < 1.29 is 19.0 Å². The van der Waals surface area contributed by atoms with Gasteiger partial charge in [-0.25, -0.2) is 4.39 Å². The lowest BCUT2D eigenvalue weighted by atomic mass is 9.95. The van der Waals surface area contributed by atoms with Gasteiger partial charge in [0.15, 0.2) is 11.6 Å². The van der Waals surface area contributed by atoms with Gasteiger partial charge >= 0.3 is 5.97 Å². The minimum atomic E-state index is -1.09. The van der Waals surface area contributed by atoms with E-state index < -0.39 is 17.2 Å². The van der Waals surface area contributed by atoms with Crippen LogP contribution in [0.3, 0.4) is 0 Å². The van der Waals surface area contributed by atoms with Crippen LogP contribution in [0.1, 0.15) is 13.8 Å². The Balaban J connectivity index is 2.79. The van der Waals surface area contributed by atoms with E-state index in [1.807, 2.05) is 0 Å². The van der Waals surface area contributed by atoms with Crippen LogP contribution in [0.5, 0.6) is 5.75 Å². The summed E-state index contributed by atoms with van der Waals surface area (Å²) in [5, 5.41) is 8.98. The molecule has 1 rings (SSSR count). The van der Waals surface area contributed by atoms with Gasteiger partial charge < -0.3 is 9.84 Å². The summed E-state index contributed by atoms with van der Waals surface area (Å²) in [7, 11) is 0. The molecule has 16 heavy (non-hydrogen) atoms. The minimum Gasteiger partial charge on any atom is -0.488 e. The van der Waals surface area contributed by atoms with E-state index in [0.717, 1.165) is 0 Å². The Kier molecular flexibility index (Phi) is 3.75. The third-order valence-corrected chi connectivity index (χ3v) is 2.37. The minimum absolute atomic E-state index is 0.113. The zero-order valence-electron chi connectivity index (χ0n) is 8.96. The number of halogens is 2. The predicted octanol–water partition coefficient (Wildman–Crippen LogP) is 2.97.